The standard InChI is InChI=1S/C18H21NO8S2Si/c1-8-11(27-17(23)26-8)6-25-13(21)12-14(28-10-4-5-30(24)7-10)29-16-18(3,9(2)20)15(22)19(12)16/h9-10,16,20H,4-7H2,1-3H3/q-1. The third kappa shape index (κ3) is 3.48. The first-order valence-electron chi connectivity index (χ1n) is 9.50. The minimum atomic E-state index is -1.58. The lowest BCUT2D eigenvalue weighted by atomic mass is 9.75. The lowest BCUT2D eigenvalue weighted by Gasteiger charge is -2.52. The highest BCUT2D eigenvalue weighted by Gasteiger charge is 2.66. The molecule has 9 nitrogen and oxygen atoms in total. The van der Waals surface area contributed by atoms with E-state index in [4.69, 9.17) is 13.6 Å². The van der Waals surface area contributed by atoms with E-state index in [-0.39, 0.29) is 35.0 Å². The van der Waals surface area contributed by atoms with E-state index < -0.39 is 37.7 Å². The van der Waals surface area contributed by atoms with E-state index in [1.807, 2.05) is 0 Å². The maximum atomic E-state index is 12.9. The summed E-state index contributed by atoms with van der Waals surface area (Å²) in [7, 11) is -1.58. The number of nitrogens with zero attached hydrogens (tertiary/aromatic N) is 1. The summed E-state index contributed by atoms with van der Waals surface area (Å²) in [6, 6.07) is 1.30. The van der Waals surface area contributed by atoms with Crippen molar-refractivity contribution >= 4 is 44.4 Å². The number of aliphatic hydroxyl groups excluding tert-OH is 1. The fourth-order valence-corrected chi connectivity index (χ4v) is 9.48. The Morgan fingerprint density at radius 3 is 2.80 bits per heavy atom. The molecule has 163 valence electrons. The Morgan fingerprint density at radius 1 is 1.50 bits per heavy atom. The second-order valence-corrected chi connectivity index (χ2v) is 12.4. The number of aryl methyl sites for hydroxylation is 1. The van der Waals surface area contributed by atoms with Gasteiger partial charge in [-0.1, -0.05) is 32.9 Å². The molecule has 1 aromatic rings. The average molecular weight is 472 g/mol. The number of β-lactam (4-membered cyclic amide) rings is 1. The van der Waals surface area contributed by atoms with Crippen LogP contribution in [0.1, 0.15) is 31.8 Å². The predicted octanol–water partition coefficient (Wildman–Crippen LogP) is 0.913. The number of fused-ring (bicyclic) bond motifs is 1. The zero-order valence-corrected chi connectivity index (χ0v) is 19.3. The summed E-state index contributed by atoms with van der Waals surface area (Å²) >= 11 is 2.80. The molecule has 1 aromatic heterocycles. The highest BCUT2D eigenvalue weighted by molar-refractivity contribution is 8.23. The van der Waals surface area contributed by atoms with Gasteiger partial charge in [-0.2, -0.15) is 0 Å². The van der Waals surface area contributed by atoms with Crippen molar-refractivity contribution in [3.63, 3.8) is 0 Å². The van der Waals surface area contributed by atoms with Crippen molar-refractivity contribution < 1.29 is 33.1 Å². The van der Waals surface area contributed by atoms with Crippen molar-refractivity contribution in [3.05, 3.63) is 32.1 Å². The van der Waals surface area contributed by atoms with Gasteiger partial charge in [0.05, 0.1) is 10.3 Å². The topological polar surface area (TPSA) is 133 Å². The smallest absolute Gasteiger partial charge is 0.519 e. The zero-order valence-electron chi connectivity index (χ0n) is 16.6. The van der Waals surface area contributed by atoms with Gasteiger partial charge >= 0.3 is 11.8 Å². The molecule has 0 bridgehead atoms. The summed E-state index contributed by atoms with van der Waals surface area (Å²) in [6.45, 7) is 4.46. The van der Waals surface area contributed by atoms with Gasteiger partial charge in [-0.05, 0) is 27.2 Å². The van der Waals surface area contributed by atoms with E-state index in [0.29, 0.717) is 16.3 Å². The number of ether oxygens (including phenoxy) is 1. The van der Waals surface area contributed by atoms with Crippen molar-refractivity contribution in [2.24, 2.45) is 5.41 Å². The van der Waals surface area contributed by atoms with E-state index >= 15 is 0 Å². The monoisotopic (exact) mass is 471 g/mol. The summed E-state index contributed by atoms with van der Waals surface area (Å²) in [5, 5.41) is 9.87. The van der Waals surface area contributed by atoms with Crippen LogP contribution in [0, 0.1) is 12.3 Å². The fourth-order valence-electron chi connectivity index (χ4n) is 3.71. The van der Waals surface area contributed by atoms with Crippen LogP contribution < -0.4 is 10.6 Å². The van der Waals surface area contributed by atoms with Gasteiger partial charge < -0.3 is 23.5 Å². The number of hydrogen-bond acceptors (Lipinski definition) is 10. The maximum Gasteiger partial charge on any atom is 0.519 e. The average Bonchev–Trinajstić information content (AvgIpc) is 3.35. The fraction of sp³-hybridized carbons (Fsp3) is 0.611. The van der Waals surface area contributed by atoms with E-state index in [0.717, 1.165) is 6.42 Å². The van der Waals surface area contributed by atoms with Gasteiger partial charge in [0, 0.05) is 5.25 Å². The van der Waals surface area contributed by atoms with Gasteiger partial charge in [-0.25, -0.2) is 9.59 Å². The van der Waals surface area contributed by atoms with E-state index in [1.165, 1.54) is 35.3 Å². The Balaban J connectivity index is 1.57. The molecule has 12 heteroatoms. The van der Waals surface area contributed by atoms with Gasteiger partial charge in [0.15, 0.2) is 23.8 Å². The van der Waals surface area contributed by atoms with Crippen molar-refractivity contribution in [2.45, 2.75) is 62.6 Å². The van der Waals surface area contributed by atoms with Crippen LogP contribution in [0.5, 0.6) is 0 Å². The van der Waals surface area contributed by atoms with Crippen LogP contribution in [-0.2, 0) is 20.9 Å². The molecule has 1 N–H and O–H groups in total. The maximum absolute atomic E-state index is 12.9. The summed E-state index contributed by atoms with van der Waals surface area (Å²) in [4.78, 5) is 50.2. The number of carbonyl (C=O) groups excluding carboxylic acids is 2. The molecule has 3 aliphatic heterocycles. The van der Waals surface area contributed by atoms with Gasteiger partial charge in [-0.15, -0.1) is 11.8 Å². The number of carbonyl (C=O) groups is 2. The van der Waals surface area contributed by atoms with Crippen LogP contribution in [0.4, 0.5) is 0 Å². The zero-order chi connectivity index (χ0) is 21.8. The molecule has 4 unspecified atom stereocenters. The van der Waals surface area contributed by atoms with Gasteiger partial charge in [0.25, 0.3) is 0 Å². The largest absolute Gasteiger partial charge is 0.861 e. The van der Waals surface area contributed by atoms with Crippen LogP contribution in [-0.4, -0.2) is 47.7 Å². The van der Waals surface area contributed by atoms with Crippen LogP contribution >= 0.6 is 23.5 Å². The summed E-state index contributed by atoms with van der Waals surface area (Å²) in [6.07, 6.45) is -0.0910. The Bertz CT molecular complexity index is 972. The van der Waals surface area contributed by atoms with Gasteiger partial charge in [0.1, 0.15) is 10.8 Å². The molecular weight excluding hydrogens is 450 g/mol. The molecule has 0 spiro atoms. The highest BCUT2D eigenvalue weighted by Crippen LogP contribution is 2.60. The molecule has 1 radical (unpaired) electrons. The molecule has 2 saturated heterocycles. The minimum Gasteiger partial charge on any atom is -0.861 e. The molecule has 4 rings (SSSR count). The highest BCUT2D eigenvalue weighted by atomic mass is 32.2. The molecule has 2 fully saturated rings. The Labute approximate surface area is 182 Å². The predicted molar refractivity (Wildman–Crippen MR) is 108 cm³/mol. The molecule has 0 saturated carbocycles. The molecular formula is C18H21NO8S2Si-. The van der Waals surface area contributed by atoms with E-state index in [2.05, 4.69) is 0 Å². The SMILES string of the molecule is Cc1oc(=O)oc1COC(=O)C1=C(SC2CC[Si]([O-])C2)SC2N1C(=O)C2(C)C(C)O. The van der Waals surface area contributed by atoms with Gasteiger partial charge in [-0.3, -0.25) is 9.69 Å². The summed E-state index contributed by atoms with van der Waals surface area (Å²) < 4.78 is 15.6. The molecule has 4 atom stereocenters. The number of thioether (sulfide) groups is 2. The van der Waals surface area contributed by atoms with Crippen LogP contribution in [0.25, 0.3) is 0 Å². The molecule has 0 aromatic carbocycles. The first kappa shape index (κ1) is 21.7. The van der Waals surface area contributed by atoms with E-state index in [9.17, 15) is 24.3 Å². The molecule has 30 heavy (non-hydrogen) atoms. The second-order valence-electron chi connectivity index (χ2n) is 7.77. The lowest BCUT2D eigenvalue weighted by molar-refractivity contribution is -0.193. The van der Waals surface area contributed by atoms with E-state index in [1.54, 1.807) is 13.8 Å². The number of esters is 1. The number of amides is 1. The third-order valence-electron chi connectivity index (χ3n) is 5.79. The number of rotatable bonds is 6. The van der Waals surface area contributed by atoms with Crippen molar-refractivity contribution in [2.75, 3.05) is 0 Å². The minimum absolute atomic E-state index is 0.100. The molecule has 0 aliphatic carbocycles. The molecule has 3 aliphatic rings. The van der Waals surface area contributed by atoms with Crippen molar-refractivity contribution in [1.82, 2.24) is 4.90 Å². The lowest BCUT2D eigenvalue weighted by Crippen LogP contribution is -2.68. The van der Waals surface area contributed by atoms with Crippen LogP contribution in [0.3, 0.4) is 0 Å². The van der Waals surface area contributed by atoms with Gasteiger partial charge in [0.2, 0.25) is 5.91 Å². The number of aliphatic hydroxyl groups is 1. The summed E-state index contributed by atoms with van der Waals surface area (Å²) in [5.74, 6) is -1.63. The Morgan fingerprint density at radius 2 is 2.23 bits per heavy atom. The first-order chi connectivity index (χ1) is 14.1. The van der Waals surface area contributed by atoms with Crippen molar-refractivity contribution in [1.29, 1.82) is 0 Å². The van der Waals surface area contributed by atoms with Crippen LogP contribution in [0.2, 0.25) is 12.1 Å². The second kappa shape index (κ2) is 7.90. The molecule has 1 amide bonds. The first-order valence-corrected chi connectivity index (χ1v) is 13.1. The molecule has 4 heterocycles. The van der Waals surface area contributed by atoms with Crippen molar-refractivity contribution in [3.8, 4) is 0 Å². The third-order valence-corrected chi connectivity index (χ3v) is 10.9. The quantitative estimate of drug-likeness (QED) is 0.362. The van der Waals surface area contributed by atoms with Crippen LogP contribution in [0.15, 0.2) is 23.6 Å². The normalized spacial score (nSPS) is 29.9. The Kier molecular flexibility index (Phi) is 5.72. The number of hydrogen-bond donors (Lipinski definition) is 1. The Hall–Kier alpha value is -1.47. The summed E-state index contributed by atoms with van der Waals surface area (Å²) in [5.41, 5.74) is -0.872.